The molecule has 0 bridgehead atoms. The number of likely N-dealkylation sites (tertiary alicyclic amines) is 2. The molecule has 1 atom stereocenters. The van der Waals surface area contributed by atoms with Gasteiger partial charge in [0.05, 0.1) is 17.7 Å². The van der Waals surface area contributed by atoms with Crippen molar-refractivity contribution in [3.8, 4) is 0 Å². The van der Waals surface area contributed by atoms with Crippen molar-refractivity contribution in [2.24, 2.45) is 18.4 Å². The van der Waals surface area contributed by atoms with Gasteiger partial charge in [0.25, 0.3) is 0 Å². The molecule has 0 saturated carbocycles. The zero-order valence-electron chi connectivity index (χ0n) is 17.4. The van der Waals surface area contributed by atoms with Crippen LogP contribution in [0.25, 0.3) is 0 Å². The number of aromatic nitrogens is 3. The highest BCUT2D eigenvalue weighted by atomic mass is 16.5. The molecule has 2 aromatic rings. The average Bonchev–Trinajstić information content (AvgIpc) is 3.25. The van der Waals surface area contributed by atoms with Crippen molar-refractivity contribution in [2.45, 2.75) is 46.2 Å². The minimum absolute atomic E-state index is 0.278. The van der Waals surface area contributed by atoms with Crippen LogP contribution >= 0.6 is 0 Å². The van der Waals surface area contributed by atoms with Gasteiger partial charge in [0.15, 0.2) is 0 Å². The topological polar surface area (TPSA) is 70.6 Å². The Labute approximate surface area is 167 Å². The summed E-state index contributed by atoms with van der Waals surface area (Å²) in [6, 6.07) is 0. The molecule has 4 heterocycles. The average molecular weight is 388 g/mol. The summed E-state index contributed by atoms with van der Waals surface area (Å²) in [5.74, 6) is 1.27. The highest BCUT2D eigenvalue weighted by molar-refractivity contribution is 5.20. The van der Waals surface area contributed by atoms with Gasteiger partial charge in [0, 0.05) is 51.0 Å². The molecule has 0 unspecified atom stereocenters. The fourth-order valence-electron chi connectivity index (χ4n) is 5.11. The minimum Gasteiger partial charge on any atom is -0.396 e. The SMILES string of the molecule is Cc1noc(C)c1CN1CCC2(CCN(Cc3cncn3C)CC2)[C@@H](CO)C1. The number of aliphatic hydroxyl groups is 1. The van der Waals surface area contributed by atoms with Crippen molar-refractivity contribution in [1.82, 2.24) is 24.5 Å². The molecule has 2 aliphatic heterocycles. The van der Waals surface area contributed by atoms with Gasteiger partial charge in [-0.05, 0) is 58.2 Å². The van der Waals surface area contributed by atoms with E-state index in [0.717, 1.165) is 50.7 Å². The zero-order valence-corrected chi connectivity index (χ0v) is 17.4. The third kappa shape index (κ3) is 3.75. The van der Waals surface area contributed by atoms with E-state index in [1.165, 1.54) is 30.5 Å². The fraction of sp³-hybridized carbons (Fsp3) is 0.714. The third-order valence-corrected chi connectivity index (χ3v) is 7.21. The van der Waals surface area contributed by atoms with Crippen LogP contribution in [0.2, 0.25) is 0 Å². The first-order chi connectivity index (χ1) is 13.5. The number of rotatable bonds is 5. The van der Waals surface area contributed by atoms with E-state index in [1.807, 2.05) is 26.4 Å². The van der Waals surface area contributed by atoms with E-state index < -0.39 is 0 Å². The Morgan fingerprint density at radius 1 is 1.14 bits per heavy atom. The van der Waals surface area contributed by atoms with Gasteiger partial charge in [-0.3, -0.25) is 9.80 Å². The lowest BCUT2D eigenvalue weighted by Crippen LogP contribution is -2.53. The molecule has 0 aromatic carbocycles. The molecule has 1 spiro atoms. The quantitative estimate of drug-likeness (QED) is 0.847. The maximum absolute atomic E-state index is 10.2. The molecule has 2 aromatic heterocycles. The van der Waals surface area contributed by atoms with Crippen LogP contribution in [0.15, 0.2) is 17.0 Å². The van der Waals surface area contributed by atoms with Crippen LogP contribution in [0.1, 0.15) is 42.0 Å². The monoisotopic (exact) mass is 387 g/mol. The summed E-state index contributed by atoms with van der Waals surface area (Å²) in [5, 5.41) is 14.3. The molecule has 7 heteroatoms. The molecule has 0 radical (unpaired) electrons. The second-order valence-corrected chi connectivity index (χ2v) is 8.80. The number of nitrogens with zero attached hydrogens (tertiary/aromatic N) is 5. The number of imidazole rings is 1. The second-order valence-electron chi connectivity index (χ2n) is 8.80. The van der Waals surface area contributed by atoms with E-state index in [2.05, 4.69) is 31.6 Å². The van der Waals surface area contributed by atoms with E-state index in [1.54, 1.807) is 0 Å². The Morgan fingerprint density at radius 3 is 2.43 bits per heavy atom. The van der Waals surface area contributed by atoms with Crippen LogP contribution < -0.4 is 0 Å². The van der Waals surface area contributed by atoms with Crippen LogP contribution in [0.3, 0.4) is 0 Å². The van der Waals surface area contributed by atoms with Crippen LogP contribution in [-0.4, -0.2) is 62.4 Å². The van der Waals surface area contributed by atoms with E-state index in [9.17, 15) is 5.11 Å². The summed E-state index contributed by atoms with van der Waals surface area (Å²) >= 11 is 0. The van der Waals surface area contributed by atoms with Gasteiger partial charge in [-0.15, -0.1) is 0 Å². The Bertz CT molecular complexity index is 771. The van der Waals surface area contributed by atoms with Crippen molar-refractivity contribution < 1.29 is 9.63 Å². The maximum Gasteiger partial charge on any atom is 0.138 e. The number of hydrogen-bond acceptors (Lipinski definition) is 6. The summed E-state index contributed by atoms with van der Waals surface area (Å²) in [6.45, 7) is 10.4. The molecular formula is C21H33N5O2. The van der Waals surface area contributed by atoms with Gasteiger partial charge in [0.1, 0.15) is 5.76 Å². The first-order valence-electron chi connectivity index (χ1n) is 10.4. The third-order valence-electron chi connectivity index (χ3n) is 7.21. The van der Waals surface area contributed by atoms with Crippen LogP contribution in [0, 0.1) is 25.2 Å². The fourth-order valence-corrected chi connectivity index (χ4v) is 5.11. The standard InChI is InChI=1S/C21H33N5O2/c1-16-20(17(2)28-23-16)13-26-9-6-21(18(11-26)14-27)4-7-25(8-5-21)12-19-10-22-15-24(19)3/h10,15,18,27H,4-9,11-14H2,1-3H3/t18-/m1/s1. The lowest BCUT2D eigenvalue weighted by atomic mass is 9.64. The van der Waals surface area contributed by atoms with E-state index >= 15 is 0 Å². The first kappa shape index (κ1) is 19.6. The van der Waals surface area contributed by atoms with Crippen LogP contribution in [0.4, 0.5) is 0 Å². The lowest BCUT2D eigenvalue weighted by Gasteiger charge is -2.51. The maximum atomic E-state index is 10.2. The number of aliphatic hydroxyl groups excluding tert-OH is 1. The molecule has 28 heavy (non-hydrogen) atoms. The Morgan fingerprint density at radius 2 is 1.86 bits per heavy atom. The van der Waals surface area contributed by atoms with Crippen molar-refractivity contribution in [1.29, 1.82) is 0 Å². The lowest BCUT2D eigenvalue weighted by molar-refractivity contribution is -0.0453. The van der Waals surface area contributed by atoms with E-state index in [0.29, 0.717) is 5.92 Å². The minimum atomic E-state index is 0.278. The number of piperidine rings is 2. The van der Waals surface area contributed by atoms with Crippen LogP contribution in [0.5, 0.6) is 0 Å². The molecule has 7 nitrogen and oxygen atoms in total. The normalized spacial score (nSPS) is 23.5. The summed E-state index contributed by atoms with van der Waals surface area (Å²) in [4.78, 5) is 9.24. The predicted molar refractivity (Wildman–Crippen MR) is 107 cm³/mol. The van der Waals surface area contributed by atoms with E-state index in [4.69, 9.17) is 4.52 Å². The predicted octanol–water partition coefficient (Wildman–Crippen LogP) is 2.12. The van der Waals surface area contributed by atoms with Crippen molar-refractivity contribution in [2.75, 3.05) is 32.8 Å². The highest BCUT2D eigenvalue weighted by Crippen LogP contribution is 2.45. The molecule has 1 N–H and O–H groups in total. The van der Waals surface area contributed by atoms with Crippen LogP contribution in [-0.2, 0) is 20.1 Å². The first-order valence-corrected chi connectivity index (χ1v) is 10.4. The van der Waals surface area contributed by atoms with Gasteiger partial charge in [-0.25, -0.2) is 4.98 Å². The molecule has 2 fully saturated rings. The summed E-state index contributed by atoms with van der Waals surface area (Å²) in [7, 11) is 2.06. The van der Waals surface area contributed by atoms with Gasteiger partial charge in [-0.2, -0.15) is 0 Å². The van der Waals surface area contributed by atoms with Crippen molar-refractivity contribution in [3.63, 3.8) is 0 Å². The highest BCUT2D eigenvalue weighted by Gasteiger charge is 2.44. The molecule has 0 aliphatic carbocycles. The summed E-state index contributed by atoms with van der Waals surface area (Å²) in [5.41, 5.74) is 3.75. The summed E-state index contributed by atoms with van der Waals surface area (Å²) in [6.07, 6.45) is 7.36. The van der Waals surface area contributed by atoms with Crippen molar-refractivity contribution in [3.05, 3.63) is 35.2 Å². The van der Waals surface area contributed by atoms with Crippen molar-refractivity contribution >= 4 is 0 Å². The summed E-state index contributed by atoms with van der Waals surface area (Å²) < 4.78 is 7.43. The number of hydrogen-bond donors (Lipinski definition) is 1. The van der Waals surface area contributed by atoms with Gasteiger partial charge in [-0.1, -0.05) is 5.16 Å². The number of aryl methyl sites for hydroxylation is 3. The second kappa shape index (κ2) is 7.97. The Kier molecular flexibility index (Phi) is 5.58. The smallest absolute Gasteiger partial charge is 0.138 e. The van der Waals surface area contributed by atoms with Gasteiger partial charge < -0.3 is 14.2 Å². The largest absolute Gasteiger partial charge is 0.396 e. The molecule has 154 valence electrons. The molecule has 4 rings (SSSR count). The van der Waals surface area contributed by atoms with Gasteiger partial charge >= 0.3 is 0 Å². The Hall–Kier alpha value is -1.70. The van der Waals surface area contributed by atoms with Gasteiger partial charge in [0.2, 0.25) is 0 Å². The molecular weight excluding hydrogens is 354 g/mol. The van der Waals surface area contributed by atoms with E-state index in [-0.39, 0.29) is 12.0 Å². The molecule has 0 amide bonds. The zero-order chi connectivity index (χ0) is 19.7. The Balaban J connectivity index is 1.36. The molecule has 2 saturated heterocycles. The molecule has 2 aliphatic rings.